The Labute approximate surface area is 289 Å². The van der Waals surface area contributed by atoms with Gasteiger partial charge in [0.2, 0.25) is 0 Å². The van der Waals surface area contributed by atoms with Crippen LogP contribution in [0.1, 0.15) is 55.9 Å². The number of para-hydroxylation sites is 1. The summed E-state index contributed by atoms with van der Waals surface area (Å²) in [7, 11) is 0. The van der Waals surface area contributed by atoms with Crippen LogP contribution >= 0.6 is 0 Å². The van der Waals surface area contributed by atoms with Crippen LogP contribution in [0.5, 0.6) is 11.5 Å². The molecule has 4 aromatic carbocycles. The number of pyridine rings is 1. The van der Waals surface area contributed by atoms with Crippen molar-refractivity contribution in [3.05, 3.63) is 126 Å². The van der Waals surface area contributed by atoms with Gasteiger partial charge < -0.3 is 14.8 Å². The zero-order valence-corrected chi connectivity index (χ0v) is 28.1. The van der Waals surface area contributed by atoms with Crippen molar-refractivity contribution in [2.75, 3.05) is 13.2 Å². The number of alkyl halides is 3. The Balaban J connectivity index is 1.10. The largest absolute Gasteiger partial charge is 0.494 e. The highest BCUT2D eigenvalue weighted by Gasteiger charge is 2.48. The molecule has 3 amide bonds. The number of nitrogens with zero attached hydrogens (tertiary/aromatic N) is 2. The van der Waals surface area contributed by atoms with Crippen LogP contribution in [0.3, 0.4) is 0 Å². The lowest BCUT2D eigenvalue weighted by Crippen LogP contribution is -2.41. The quantitative estimate of drug-likeness (QED) is 0.105. The van der Waals surface area contributed by atoms with Crippen LogP contribution in [-0.4, -0.2) is 41.1 Å². The van der Waals surface area contributed by atoms with Gasteiger partial charge in [-0.1, -0.05) is 66.7 Å². The fraction of sp³-hybridized carbons (Fsp3) is 0.275. The molecular weight excluding hydrogens is 643 g/mol. The minimum absolute atomic E-state index is 0.0210. The van der Waals surface area contributed by atoms with Crippen LogP contribution in [0.4, 0.5) is 18.0 Å². The number of rotatable bonds is 12. The first kappa shape index (κ1) is 34.5. The van der Waals surface area contributed by atoms with Crippen molar-refractivity contribution >= 4 is 22.8 Å². The second-order valence-electron chi connectivity index (χ2n) is 12.8. The molecule has 258 valence electrons. The van der Waals surface area contributed by atoms with E-state index in [9.17, 15) is 22.8 Å². The molecule has 1 fully saturated rings. The SMILES string of the molecule is CC(C)Oc1ccc(C2(C)NC(=O)N(CCCCOc3ccc(-c4c(Cc5ccccc5)cnc5c(C(F)(F)F)cccc45)cc3)C2=O)cc1. The monoisotopic (exact) mass is 681 g/mol. The number of imide groups is 1. The summed E-state index contributed by atoms with van der Waals surface area (Å²) in [6.07, 6.45) is -1.34. The number of urea groups is 1. The third-order valence-electron chi connectivity index (χ3n) is 8.78. The van der Waals surface area contributed by atoms with Crippen LogP contribution in [-0.2, 0) is 22.9 Å². The molecule has 7 nitrogen and oxygen atoms in total. The first-order valence-electron chi connectivity index (χ1n) is 16.6. The molecule has 6 rings (SSSR count). The number of fused-ring (bicyclic) bond motifs is 1. The molecule has 5 aromatic rings. The Kier molecular flexibility index (Phi) is 9.81. The lowest BCUT2D eigenvalue weighted by atomic mass is 9.92. The van der Waals surface area contributed by atoms with Gasteiger partial charge in [-0.25, -0.2) is 4.79 Å². The van der Waals surface area contributed by atoms with E-state index in [4.69, 9.17) is 9.47 Å². The number of ether oxygens (including phenoxy) is 2. The molecule has 0 spiro atoms. The highest BCUT2D eigenvalue weighted by atomic mass is 19.4. The number of hydrogen-bond acceptors (Lipinski definition) is 5. The summed E-state index contributed by atoms with van der Waals surface area (Å²) in [5.74, 6) is 0.975. The highest BCUT2D eigenvalue weighted by molar-refractivity contribution is 6.07. The predicted octanol–water partition coefficient (Wildman–Crippen LogP) is 8.92. The lowest BCUT2D eigenvalue weighted by molar-refractivity contribution is -0.136. The number of hydrogen-bond donors (Lipinski definition) is 1. The molecule has 0 saturated carbocycles. The third kappa shape index (κ3) is 7.29. The van der Waals surface area contributed by atoms with Gasteiger partial charge >= 0.3 is 12.2 Å². The van der Waals surface area contributed by atoms with Crippen LogP contribution in [0.15, 0.2) is 103 Å². The minimum atomic E-state index is -4.54. The molecule has 50 heavy (non-hydrogen) atoms. The number of amides is 3. The van der Waals surface area contributed by atoms with Crippen molar-refractivity contribution in [1.29, 1.82) is 0 Å². The standard InChI is InChI=1S/C40H38F3N3O4/c1-26(2)50-32-20-16-30(17-21-32)39(3)37(47)46(38(48)45-39)22-7-8-23-49-31-18-14-28(15-19-31)35-29(24-27-10-5-4-6-11-27)25-44-36-33(35)12-9-13-34(36)40(41,42)43/h4-6,9-21,25-26H,7-8,22-24H2,1-3H3,(H,45,48). The van der Waals surface area contributed by atoms with Gasteiger partial charge in [-0.05, 0) is 98.2 Å². The second kappa shape index (κ2) is 14.2. The van der Waals surface area contributed by atoms with E-state index in [-0.39, 0.29) is 24.1 Å². The number of benzene rings is 4. The van der Waals surface area contributed by atoms with Crippen LogP contribution < -0.4 is 14.8 Å². The number of halogens is 3. The molecule has 1 atom stereocenters. The van der Waals surface area contributed by atoms with Crippen molar-refractivity contribution in [2.45, 2.75) is 57.9 Å². The second-order valence-corrected chi connectivity index (χ2v) is 12.8. The molecule has 0 aliphatic carbocycles. The summed E-state index contributed by atoms with van der Waals surface area (Å²) < 4.78 is 53.4. The van der Waals surface area contributed by atoms with Gasteiger partial charge in [-0.3, -0.25) is 14.7 Å². The Morgan fingerprint density at radius 2 is 1.56 bits per heavy atom. The zero-order valence-electron chi connectivity index (χ0n) is 28.1. The average molecular weight is 682 g/mol. The molecule has 0 radical (unpaired) electrons. The van der Waals surface area contributed by atoms with Gasteiger partial charge in [0.25, 0.3) is 5.91 Å². The van der Waals surface area contributed by atoms with E-state index in [1.54, 1.807) is 49.4 Å². The van der Waals surface area contributed by atoms with E-state index >= 15 is 0 Å². The van der Waals surface area contributed by atoms with Gasteiger partial charge in [0.05, 0.1) is 23.8 Å². The van der Waals surface area contributed by atoms with E-state index in [1.165, 1.54) is 17.2 Å². The maximum atomic E-state index is 13.9. The fourth-order valence-electron chi connectivity index (χ4n) is 6.30. The highest BCUT2D eigenvalue weighted by Crippen LogP contribution is 2.39. The summed E-state index contributed by atoms with van der Waals surface area (Å²) in [4.78, 5) is 31.6. The van der Waals surface area contributed by atoms with Crippen LogP contribution in [0.25, 0.3) is 22.0 Å². The van der Waals surface area contributed by atoms with Gasteiger partial charge in [-0.15, -0.1) is 0 Å². The molecule has 1 aromatic heterocycles. The molecule has 1 saturated heterocycles. The maximum absolute atomic E-state index is 13.9. The smallest absolute Gasteiger partial charge is 0.418 e. The van der Waals surface area contributed by atoms with Crippen molar-refractivity contribution in [3.8, 4) is 22.6 Å². The summed E-state index contributed by atoms with van der Waals surface area (Å²) in [6, 6.07) is 27.9. The molecule has 1 aliphatic rings. The van der Waals surface area contributed by atoms with E-state index in [0.29, 0.717) is 53.9 Å². The molecule has 10 heteroatoms. The topological polar surface area (TPSA) is 80.8 Å². The summed E-state index contributed by atoms with van der Waals surface area (Å²) in [6.45, 7) is 6.17. The number of aromatic nitrogens is 1. The predicted molar refractivity (Wildman–Crippen MR) is 186 cm³/mol. The van der Waals surface area contributed by atoms with Gasteiger partial charge in [-0.2, -0.15) is 13.2 Å². The number of carbonyl (C=O) groups is 2. The normalized spacial score (nSPS) is 16.3. The van der Waals surface area contributed by atoms with Crippen molar-refractivity contribution < 1.29 is 32.2 Å². The summed E-state index contributed by atoms with van der Waals surface area (Å²) in [5, 5.41) is 3.26. The average Bonchev–Trinajstić information content (AvgIpc) is 3.31. The number of unbranched alkanes of at least 4 members (excludes halogenated alkanes) is 1. The Morgan fingerprint density at radius 1 is 0.860 bits per heavy atom. The lowest BCUT2D eigenvalue weighted by Gasteiger charge is -2.22. The molecule has 1 unspecified atom stereocenters. The van der Waals surface area contributed by atoms with E-state index in [2.05, 4.69) is 10.3 Å². The van der Waals surface area contributed by atoms with Crippen LogP contribution in [0, 0.1) is 0 Å². The first-order chi connectivity index (χ1) is 23.9. The molecule has 1 N–H and O–H groups in total. The van der Waals surface area contributed by atoms with E-state index in [0.717, 1.165) is 22.8 Å². The van der Waals surface area contributed by atoms with E-state index < -0.39 is 23.3 Å². The van der Waals surface area contributed by atoms with Gasteiger partial charge in [0.1, 0.15) is 17.0 Å². The molecule has 0 bridgehead atoms. The third-order valence-corrected chi connectivity index (χ3v) is 8.78. The van der Waals surface area contributed by atoms with Crippen molar-refractivity contribution in [2.24, 2.45) is 0 Å². The first-order valence-corrected chi connectivity index (χ1v) is 16.6. The zero-order chi connectivity index (χ0) is 35.5. The fourth-order valence-corrected chi connectivity index (χ4v) is 6.30. The Bertz CT molecular complexity index is 1980. The molecule has 1 aliphatic heterocycles. The molecule has 2 heterocycles. The van der Waals surface area contributed by atoms with Gasteiger partial charge in [0, 0.05) is 18.1 Å². The van der Waals surface area contributed by atoms with E-state index in [1.807, 2.05) is 56.3 Å². The van der Waals surface area contributed by atoms with Crippen molar-refractivity contribution in [3.63, 3.8) is 0 Å². The summed E-state index contributed by atoms with van der Waals surface area (Å²) in [5.41, 5.74) is 1.92. The molecular formula is C40H38F3N3O4. The van der Waals surface area contributed by atoms with Crippen LogP contribution in [0.2, 0.25) is 0 Å². The minimum Gasteiger partial charge on any atom is -0.494 e. The summed E-state index contributed by atoms with van der Waals surface area (Å²) >= 11 is 0. The number of carbonyl (C=O) groups excluding carboxylic acids is 2. The van der Waals surface area contributed by atoms with Crippen molar-refractivity contribution in [1.82, 2.24) is 15.2 Å². The Morgan fingerprint density at radius 3 is 2.24 bits per heavy atom. The Hall–Kier alpha value is -5.38. The van der Waals surface area contributed by atoms with Gasteiger partial charge in [0.15, 0.2) is 0 Å². The maximum Gasteiger partial charge on any atom is 0.418 e. The number of nitrogens with one attached hydrogen (secondary N) is 1.